The highest BCUT2D eigenvalue weighted by molar-refractivity contribution is 6.30. The zero-order valence-electron chi connectivity index (χ0n) is 20.2. The number of hydrogen-bond acceptors (Lipinski definition) is 5. The van der Waals surface area contributed by atoms with Crippen LogP contribution in [0.2, 0.25) is 5.02 Å². The Kier molecular flexibility index (Phi) is 7.94. The summed E-state index contributed by atoms with van der Waals surface area (Å²) in [7, 11) is 1.53. The van der Waals surface area contributed by atoms with Gasteiger partial charge >= 0.3 is 5.97 Å². The number of aromatic carboxylic acids is 1. The van der Waals surface area contributed by atoms with Crippen molar-refractivity contribution < 1.29 is 24.5 Å². The van der Waals surface area contributed by atoms with E-state index in [0.717, 1.165) is 30.4 Å². The van der Waals surface area contributed by atoms with Crippen molar-refractivity contribution in [2.45, 2.75) is 38.3 Å². The Labute approximate surface area is 215 Å². The first-order chi connectivity index (χ1) is 17.2. The number of carbonyl (C=O) groups is 2. The number of benzene rings is 3. The van der Waals surface area contributed by atoms with Gasteiger partial charge in [0.05, 0.1) is 17.4 Å². The first kappa shape index (κ1) is 25.7. The fraction of sp³-hybridized carbons (Fsp3) is 0.286. The molecule has 3 aromatic rings. The standard InChI is InChI=1S/C28H29ClN2O5/c1-17(32)31(2)26-11-10-24(15-25(26)28(34)35)36-23-9-7-18-6-8-22(13-20(18)14-23)30-16-27(33)19-4-3-5-21(29)12-19/h3-5,7,9-12,14-15,22,27,30,33H,6,8,13,16H2,1-2H3,(H,34,35)/t22-,27-/m0/s1. The number of carbonyl (C=O) groups excluding carboxylic acids is 1. The molecular formula is C28H29ClN2O5. The molecule has 1 aliphatic rings. The smallest absolute Gasteiger partial charge is 0.337 e. The fourth-order valence-corrected chi connectivity index (χ4v) is 4.63. The molecule has 1 aliphatic carbocycles. The minimum absolute atomic E-state index is 0.00862. The second-order valence-corrected chi connectivity index (χ2v) is 9.45. The van der Waals surface area contributed by atoms with Crippen LogP contribution in [0.3, 0.4) is 0 Å². The molecule has 3 aromatic carbocycles. The van der Waals surface area contributed by atoms with Crippen molar-refractivity contribution in [3.63, 3.8) is 0 Å². The predicted molar refractivity (Wildman–Crippen MR) is 139 cm³/mol. The van der Waals surface area contributed by atoms with Crippen LogP contribution in [0.15, 0.2) is 60.7 Å². The Morgan fingerprint density at radius 3 is 2.58 bits per heavy atom. The number of ether oxygens (including phenoxy) is 1. The van der Waals surface area contributed by atoms with E-state index < -0.39 is 12.1 Å². The highest BCUT2D eigenvalue weighted by atomic mass is 35.5. The van der Waals surface area contributed by atoms with E-state index in [9.17, 15) is 19.8 Å². The van der Waals surface area contributed by atoms with E-state index in [1.165, 1.54) is 30.5 Å². The lowest BCUT2D eigenvalue weighted by Crippen LogP contribution is -2.37. The van der Waals surface area contributed by atoms with Crippen molar-refractivity contribution in [3.05, 3.63) is 87.9 Å². The zero-order chi connectivity index (χ0) is 25.8. The van der Waals surface area contributed by atoms with Crippen molar-refractivity contribution in [1.82, 2.24) is 5.32 Å². The fourth-order valence-electron chi connectivity index (χ4n) is 4.43. The van der Waals surface area contributed by atoms with Gasteiger partial charge in [0.2, 0.25) is 5.91 Å². The van der Waals surface area contributed by atoms with Crippen LogP contribution in [0.1, 0.15) is 46.5 Å². The third-order valence-electron chi connectivity index (χ3n) is 6.51. The maximum Gasteiger partial charge on any atom is 0.337 e. The lowest BCUT2D eigenvalue weighted by atomic mass is 9.88. The van der Waals surface area contributed by atoms with E-state index in [-0.39, 0.29) is 17.5 Å². The van der Waals surface area contributed by atoms with E-state index in [0.29, 0.717) is 28.8 Å². The number of hydrogen-bond donors (Lipinski definition) is 3. The van der Waals surface area contributed by atoms with Gasteiger partial charge in [0, 0.05) is 31.6 Å². The second-order valence-electron chi connectivity index (χ2n) is 9.01. The summed E-state index contributed by atoms with van der Waals surface area (Å²) in [6.07, 6.45) is 2.02. The van der Waals surface area contributed by atoms with E-state index in [2.05, 4.69) is 5.32 Å². The highest BCUT2D eigenvalue weighted by Gasteiger charge is 2.21. The molecule has 0 aliphatic heterocycles. The molecule has 7 nitrogen and oxygen atoms in total. The molecule has 0 heterocycles. The number of amides is 1. The van der Waals surface area contributed by atoms with Crippen LogP contribution in [-0.2, 0) is 17.6 Å². The summed E-state index contributed by atoms with van der Waals surface area (Å²) in [5, 5.41) is 24.2. The number of rotatable bonds is 8. The second kappa shape index (κ2) is 11.1. The van der Waals surface area contributed by atoms with Gasteiger partial charge in [0.1, 0.15) is 11.5 Å². The van der Waals surface area contributed by atoms with Gasteiger partial charge in [0.15, 0.2) is 0 Å². The number of fused-ring (bicyclic) bond motifs is 1. The predicted octanol–water partition coefficient (Wildman–Crippen LogP) is 4.99. The summed E-state index contributed by atoms with van der Waals surface area (Å²) in [6, 6.07) is 18.0. The summed E-state index contributed by atoms with van der Waals surface area (Å²) >= 11 is 6.04. The molecule has 0 unspecified atom stereocenters. The van der Waals surface area contributed by atoms with Gasteiger partial charge in [-0.3, -0.25) is 4.79 Å². The molecule has 0 bridgehead atoms. The Bertz CT molecular complexity index is 1280. The summed E-state index contributed by atoms with van der Waals surface area (Å²) < 4.78 is 5.99. The third kappa shape index (κ3) is 6.05. The Morgan fingerprint density at radius 2 is 1.86 bits per heavy atom. The van der Waals surface area contributed by atoms with Gasteiger partial charge in [-0.25, -0.2) is 4.79 Å². The normalized spacial score (nSPS) is 15.6. The first-order valence-electron chi connectivity index (χ1n) is 11.8. The van der Waals surface area contributed by atoms with Crippen LogP contribution in [0.4, 0.5) is 5.69 Å². The summed E-state index contributed by atoms with van der Waals surface area (Å²) in [5.74, 6) is -0.410. The van der Waals surface area contributed by atoms with Crippen molar-refractivity contribution in [1.29, 1.82) is 0 Å². The Balaban J connectivity index is 1.43. The highest BCUT2D eigenvalue weighted by Crippen LogP contribution is 2.31. The van der Waals surface area contributed by atoms with Crippen LogP contribution in [0, 0.1) is 0 Å². The number of nitrogens with zero attached hydrogens (tertiary/aromatic N) is 1. The average Bonchev–Trinajstić information content (AvgIpc) is 2.86. The molecule has 0 saturated heterocycles. The number of carboxylic acid groups (broad SMARTS) is 1. The number of aliphatic hydroxyl groups is 1. The van der Waals surface area contributed by atoms with Crippen molar-refractivity contribution in [3.8, 4) is 11.5 Å². The number of nitrogens with one attached hydrogen (secondary N) is 1. The topological polar surface area (TPSA) is 99.1 Å². The number of halogens is 1. The quantitative estimate of drug-likeness (QED) is 0.396. The van der Waals surface area contributed by atoms with Gasteiger partial charge in [-0.05, 0) is 78.4 Å². The minimum Gasteiger partial charge on any atom is -0.478 e. The molecule has 0 spiro atoms. The molecule has 0 fully saturated rings. The molecule has 2 atom stereocenters. The molecule has 0 aromatic heterocycles. The number of aryl methyl sites for hydroxylation is 1. The van der Waals surface area contributed by atoms with Crippen LogP contribution >= 0.6 is 11.6 Å². The minimum atomic E-state index is -1.14. The Hall–Kier alpha value is -3.39. The van der Waals surface area contributed by atoms with Gasteiger partial charge in [0.25, 0.3) is 0 Å². The molecule has 0 saturated carbocycles. The number of carboxylic acids is 1. The van der Waals surface area contributed by atoms with E-state index in [1.807, 2.05) is 30.3 Å². The van der Waals surface area contributed by atoms with Crippen LogP contribution < -0.4 is 15.0 Å². The van der Waals surface area contributed by atoms with Gasteiger partial charge in [-0.2, -0.15) is 0 Å². The maximum absolute atomic E-state index is 11.8. The molecule has 36 heavy (non-hydrogen) atoms. The van der Waals surface area contributed by atoms with Crippen LogP contribution in [0.5, 0.6) is 11.5 Å². The molecule has 3 N–H and O–H groups in total. The molecule has 0 radical (unpaired) electrons. The SMILES string of the molecule is CC(=O)N(C)c1ccc(Oc2ccc3c(c2)C[C@@H](NC[C@H](O)c2cccc(Cl)c2)CC3)cc1C(=O)O. The summed E-state index contributed by atoms with van der Waals surface area (Å²) in [5.41, 5.74) is 3.48. The van der Waals surface area contributed by atoms with Crippen molar-refractivity contribution in [2.24, 2.45) is 0 Å². The Morgan fingerprint density at radius 1 is 1.11 bits per heavy atom. The average molecular weight is 509 g/mol. The van der Waals surface area contributed by atoms with Crippen LogP contribution in [0.25, 0.3) is 0 Å². The molecule has 4 rings (SSSR count). The number of anilines is 1. The largest absolute Gasteiger partial charge is 0.478 e. The molecule has 1 amide bonds. The zero-order valence-corrected chi connectivity index (χ0v) is 21.0. The summed E-state index contributed by atoms with van der Waals surface area (Å²) in [4.78, 5) is 24.8. The van der Waals surface area contributed by atoms with Crippen LogP contribution in [-0.4, -0.2) is 41.7 Å². The van der Waals surface area contributed by atoms with Gasteiger partial charge < -0.3 is 25.2 Å². The van der Waals surface area contributed by atoms with Crippen molar-refractivity contribution >= 4 is 29.2 Å². The van der Waals surface area contributed by atoms with E-state index in [1.54, 1.807) is 24.3 Å². The molecule has 188 valence electrons. The van der Waals surface area contributed by atoms with Gasteiger partial charge in [-0.1, -0.05) is 29.8 Å². The molecular weight excluding hydrogens is 480 g/mol. The lowest BCUT2D eigenvalue weighted by molar-refractivity contribution is -0.116. The maximum atomic E-state index is 11.8. The van der Waals surface area contributed by atoms with E-state index in [4.69, 9.17) is 16.3 Å². The van der Waals surface area contributed by atoms with Gasteiger partial charge in [-0.15, -0.1) is 0 Å². The third-order valence-corrected chi connectivity index (χ3v) is 6.74. The monoisotopic (exact) mass is 508 g/mol. The number of aliphatic hydroxyl groups excluding tert-OH is 1. The van der Waals surface area contributed by atoms with E-state index >= 15 is 0 Å². The first-order valence-corrected chi connectivity index (χ1v) is 12.2. The lowest BCUT2D eigenvalue weighted by Gasteiger charge is -2.27. The van der Waals surface area contributed by atoms with Crippen molar-refractivity contribution in [2.75, 3.05) is 18.5 Å². The summed E-state index contributed by atoms with van der Waals surface area (Å²) in [6.45, 7) is 1.80. The molecule has 8 heteroatoms.